The number of nitrogens with one attached hydrogen (secondary N) is 1. The van der Waals surface area contributed by atoms with Crippen LogP contribution in [0.2, 0.25) is 0 Å². The highest BCUT2D eigenvalue weighted by Gasteiger charge is 2.22. The maximum absolute atomic E-state index is 10.9. The molecular weight excluding hydrogens is 254 g/mol. The van der Waals surface area contributed by atoms with E-state index >= 15 is 0 Å². The van der Waals surface area contributed by atoms with Gasteiger partial charge in [0.15, 0.2) is 6.10 Å². The van der Waals surface area contributed by atoms with Crippen LogP contribution in [0.25, 0.3) is 0 Å². The number of hydrogen-bond donors (Lipinski definition) is 1. The number of hydrogen-bond acceptors (Lipinski definition) is 3. The van der Waals surface area contributed by atoms with Crippen LogP contribution in [0, 0.1) is 0 Å². The van der Waals surface area contributed by atoms with Crippen LogP contribution in [-0.2, 0) is 17.6 Å². The van der Waals surface area contributed by atoms with Crippen molar-refractivity contribution >= 4 is 6.09 Å². The van der Waals surface area contributed by atoms with Gasteiger partial charge in [-0.3, -0.25) is 0 Å². The van der Waals surface area contributed by atoms with Crippen LogP contribution in [-0.4, -0.2) is 25.3 Å². The molecule has 2 rings (SSSR count). The van der Waals surface area contributed by atoms with Gasteiger partial charge in [0, 0.05) is 0 Å². The Balaban J connectivity index is 2.03. The SMILES string of the molecule is C=CCc1cc(CC=C)cc(OCC2CNC(=O)O2)c1. The second-order valence-electron chi connectivity index (χ2n) is 4.69. The van der Waals surface area contributed by atoms with E-state index in [4.69, 9.17) is 9.47 Å². The normalized spacial score (nSPS) is 17.2. The van der Waals surface area contributed by atoms with Crippen LogP contribution in [0.15, 0.2) is 43.5 Å². The van der Waals surface area contributed by atoms with Gasteiger partial charge >= 0.3 is 6.09 Å². The number of carbonyl (C=O) groups excluding carboxylic acids is 1. The number of cyclic esters (lactones) is 1. The standard InChI is InChI=1S/C16H19NO3/c1-3-5-12-7-13(6-4-2)9-14(8-12)19-11-15-10-17-16(18)20-15/h3-4,7-9,15H,1-2,5-6,10-11H2,(H,17,18). The third-order valence-electron chi connectivity index (χ3n) is 2.97. The van der Waals surface area contributed by atoms with Crippen molar-refractivity contribution < 1.29 is 14.3 Å². The summed E-state index contributed by atoms with van der Waals surface area (Å²) in [4.78, 5) is 10.9. The van der Waals surface area contributed by atoms with E-state index in [-0.39, 0.29) is 12.2 Å². The van der Waals surface area contributed by atoms with Crippen molar-refractivity contribution in [3.63, 3.8) is 0 Å². The number of carbonyl (C=O) groups is 1. The van der Waals surface area contributed by atoms with E-state index in [0.29, 0.717) is 13.2 Å². The van der Waals surface area contributed by atoms with E-state index in [1.165, 1.54) is 0 Å². The molecule has 0 aromatic heterocycles. The first-order chi connectivity index (χ1) is 9.71. The Kier molecular flexibility index (Phi) is 4.82. The molecule has 4 heteroatoms. The van der Waals surface area contributed by atoms with Crippen molar-refractivity contribution in [2.24, 2.45) is 0 Å². The lowest BCUT2D eigenvalue weighted by Gasteiger charge is -2.12. The van der Waals surface area contributed by atoms with Gasteiger partial charge in [-0.2, -0.15) is 0 Å². The van der Waals surface area contributed by atoms with Gasteiger partial charge in [-0.15, -0.1) is 13.2 Å². The second-order valence-corrected chi connectivity index (χ2v) is 4.69. The highest BCUT2D eigenvalue weighted by atomic mass is 16.6. The van der Waals surface area contributed by atoms with Gasteiger partial charge in [-0.25, -0.2) is 4.79 Å². The van der Waals surface area contributed by atoms with Gasteiger partial charge in [0.05, 0.1) is 6.54 Å². The Morgan fingerprint density at radius 1 is 1.25 bits per heavy atom. The summed E-state index contributed by atoms with van der Waals surface area (Å²) in [5.74, 6) is 0.782. The van der Waals surface area contributed by atoms with E-state index < -0.39 is 0 Å². The molecule has 0 saturated carbocycles. The largest absolute Gasteiger partial charge is 0.490 e. The Hall–Kier alpha value is -2.23. The Morgan fingerprint density at radius 2 is 1.90 bits per heavy atom. The first-order valence-electron chi connectivity index (χ1n) is 6.63. The zero-order valence-corrected chi connectivity index (χ0v) is 11.4. The third-order valence-corrected chi connectivity index (χ3v) is 2.97. The summed E-state index contributed by atoms with van der Waals surface area (Å²) >= 11 is 0. The first-order valence-corrected chi connectivity index (χ1v) is 6.63. The van der Waals surface area contributed by atoms with Gasteiger partial charge in [-0.05, 0) is 36.1 Å². The Bertz CT molecular complexity index is 482. The summed E-state index contributed by atoms with van der Waals surface area (Å²) in [7, 11) is 0. The maximum atomic E-state index is 10.9. The van der Waals surface area contributed by atoms with Crippen molar-refractivity contribution in [1.29, 1.82) is 0 Å². The molecule has 1 atom stereocenters. The van der Waals surface area contributed by atoms with Gasteiger partial charge < -0.3 is 14.8 Å². The molecule has 1 aliphatic heterocycles. The number of amides is 1. The molecule has 1 saturated heterocycles. The van der Waals surface area contributed by atoms with Crippen LogP contribution in [0.5, 0.6) is 5.75 Å². The maximum Gasteiger partial charge on any atom is 0.407 e. The molecule has 20 heavy (non-hydrogen) atoms. The van der Waals surface area contributed by atoms with Crippen molar-refractivity contribution in [2.45, 2.75) is 18.9 Å². The highest BCUT2D eigenvalue weighted by molar-refractivity contribution is 5.69. The number of benzene rings is 1. The minimum Gasteiger partial charge on any atom is -0.490 e. The lowest BCUT2D eigenvalue weighted by Crippen LogP contribution is -2.22. The van der Waals surface area contributed by atoms with Crippen LogP contribution in [0.3, 0.4) is 0 Å². The summed E-state index contributed by atoms with van der Waals surface area (Å²) in [6, 6.07) is 6.09. The van der Waals surface area contributed by atoms with Crippen LogP contribution >= 0.6 is 0 Å². The predicted molar refractivity (Wildman–Crippen MR) is 78.0 cm³/mol. The third kappa shape index (κ3) is 3.88. The van der Waals surface area contributed by atoms with Crippen LogP contribution in [0.1, 0.15) is 11.1 Å². The summed E-state index contributed by atoms with van der Waals surface area (Å²) < 4.78 is 10.8. The van der Waals surface area contributed by atoms with Crippen molar-refractivity contribution in [3.8, 4) is 5.75 Å². The molecule has 0 bridgehead atoms. The molecule has 1 aromatic carbocycles. The molecule has 4 nitrogen and oxygen atoms in total. The number of rotatable bonds is 7. The van der Waals surface area contributed by atoms with Gasteiger partial charge in [-0.1, -0.05) is 18.2 Å². The topological polar surface area (TPSA) is 47.6 Å². The molecule has 1 aliphatic rings. The summed E-state index contributed by atoms with van der Waals surface area (Å²) in [6.45, 7) is 8.35. The van der Waals surface area contributed by atoms with E-state index in [1.807, 2.05) is 24.3 Å². The average molecular weight is 273 g/mol. The summed E-state index contributed by atoms with van der Waals surface area (Å²) in [5.41, 5.74) is 2.30. The van der Waals surface area contributed by atoms with Crippen LogP contribution < -0.4 is 10.1 Å². The quantitative estimate of drug-likeness (QED) is 0.777. The molecule has 0 aliphatic carbocycles. The van der Waals surface area contributed by atoms with E-state index in [1.54, 1.807) is 0 Å². The van der Waals surface area contributed by atoms with Crippen molar-refractivity contribution in [2.75, 3.05) is 13.2 Å². The minimum absolute atomic E-state index is 0.228. The summed E-state index contributed by atoms with van der Waals surface area (Å²) in [5, 5.41) is 2.60. The molecule has 1 aromatic rings. The number of allylic oxidation sites excluding steroid dienone is 2. The zero-order chi connectivity index (χ0) is 14.4. The van der Waals surface area contributed by atoms with E-state index in [9.17, 15) is 4.79 Å². The average Bonchev–Trinajstić information content (AvgIpc) is 2.83. The fourth-order valence-electron chi connectivity index (χ4n) is 2.09. The molecule has 0 spiro atoms. The van der Waals surface area contributed by atoms with E-state index in [0.717, 1.165) is 29.7 Å². The minimum atomic E-state index is -0.383. The van der Waals surface area contributed by atoms with Crippen molar-refractivity contribution in [3.05, 3.63) is 54.6 Å². The molecular formula is C16H19NO3. The Labute approximate surface area is 119 Å². The van der Waals surface area contributed by atoms with Crippen molar-refractivity contribution in [1.82, 2.24) is 5.32 Å². The zero-order valence-electron chi connectivity index (χ0n) is 11.4. The smallest absolute Gasteiger partial charge is 0.407 e. The molecule has 1 N–H and O–H groups in total. The fraction of sp³-hybridized carbons (Fsp3) is 0.312. The number of alkyl carbamates (subject to hydrolysis) is 1. The molecule has 1 fully saturated rings. The summed E-state index contributed by atoms with van der Waals surface area (Å²) in [6.07, 6.45) is 4.70. The number of ether oxygens (including phenoxy) is 2. The van der Waals surface area contributed by atoms with Crippen LogP contribution in [0.4, 0.5) is 4.79 Å². The second kappa shape index (κ2) is 6.80. The molecule has 1 amide bonds. The molecule has 1 unspecified atom stereocenters. The molecule has 0 radical (unpaired) electrons. The monoisotopic (exact) mass is 273 g/mol. The predicted octanol–water partition coefficient (Wildman–Crippen LogP) is 2.63. The van der Waals surface area contributed by atoms with Gasteiger partial charge in [0.1, 0.15) is 12.4 Å². The van der Waals surface area contributed by atoms with Gasteiger partial charge in [0.25, 0.3) is 0 Å². The molecule has 1 heterocycles. The lowest BCUT2D eigenvalue weighted by molar-refractivity contribution is 0.105. The lowest BCUT2D eigenvalue weighted by atomic mass is 10.1. The Morgan fingerprint density at radius 3 is 2.40 bits per heavy atom. The molecule has 106 valence electrons. The highest BCUT2D eigenvalue weighted by Crippen LogP contribution is 2.19. The fourth-order valence-corrected chi connectivity index (χ4v) is 2.09. The van der Waals surface area contributed by atoms with E-state index in [2.05, 4.69) is 24.5 Å². The van der Waals surface area contributed by atoms with Gasteiger partial charge in [0.2, 0.25) is 0 Å². The first kappa shape index (κ1) is 14.2.